The van der Waals surface area contributed by atoms with Crippen molar-refractivity contribution in [2.45, 2.75) is 33.4 Å². The molecule has 0 fully saturated rings. The van der Waals surface area contributed by atoms with Crippen molar-refractivity contribution >= 4 is 5.97 Å². The number of aromatic carboxylic acids is 1. The van der Waals surface area contributed by atoms with Crippen LogP contribution in [0.2, 0.25) is 0 Å². The van der Waals surface area contributed by atoms with Gasteiger partial charge in [0.15, 0.2) is 0 Å². The fourth-order valence-electron chi connectivity index (χ4n) is 3.69. The van der Waals surface area contributed by atoms with Crippen LogP contribution in [0, 0.1) is 13.8 Å². The Kier molecular flexibility index (Phi) is 6.73. The van der Waals surface area contributed by atoms with Crippen LogP contribution >= 0.6 is 0 Å². The Bertz CT molecular complexity index is 960. The first-order valence-electron chi connectivity index (χ1n) is 9.80. The minimum Gasteiger partial charge on any atom is -0.497 e. The van der Waals surface area contributed by atoms with E-state index in [0.717, 1.165) is 41.2 Å². The minimum atomic E-state index is -0.876. The van der Waals surface area contributed by atoms with Crippen molar-refractivity contribution in [3.8, 4) is 5.75 Å². The number of hydrogen-bond acceptors (Lipinski definition) is 3. The second-order valence-electron chi connectivity index (χ2n) is 7.18. The first-order valence-corrected chi connectivity index (χ1v) is 9.80. The predicted molar refractivity (Wildman–Crippen MR) is 115 cm³/mol. The van der Waals surface area contributed by atoms with Crippen LogP contribution in [0.25, 0.3) is 0 Å². The number of aromatic nitrogens is 1. The van der Waals surface area contributed by atoms with Gasteiger partial charge in [0.05, 0.1) is 12.7 Å². The molecule has 0 aliphatic heterocycles. The average molecular weight is 392 g/mol. The molecule has 3 aromatic rings. The number of ether oxygens (including phenoxy) is 1. The summed E-state index contributed by atoms with van der Waals surface area (Å²) >= 11 is 0. The molecule has 29 heavy (non-hydrogen) atoms. The summed E-state index contributed by atoms with van der Waals surface area (Å²) in [5, 5.41) is 13.2. The highest BCUT2D eigenvalue weighted by atomic mass is 16.5. The van der Waals surface area contributed by atoms with Crippen molar-refractivity contribution in [1.29, 1.82) is 0 Å². The molecular weight excluding hydrogens is 364 g/mol. The van der Waals surface area contributed by atoms with Gasteiger partial charge in [-0.1, -0.05) is 42.5 Å². The normalized spacial score (nSPS) is 10.9. The van der Waals surface area contributed by atoms with Crippen LogP contribution in [0.3, 0.4) is 0 Å². The molecule has 1 aromatic heterocycles. The van der Waals surface area contributed by atoms with E-state index in [1.54, 1.807) is 7.11 Å². The maximum atomic E-state index is 11.9. The summed E-state index contributed by atoms with van der Waals surface area (Å²) in [5.74, 6) is -0.0665. The molecule has 3 rings (SSSR count). The molecule has 0 saturated heterocycles. The highest BCUT2D eigenvalue weighted by Crippen LogP contribution is 2.24. The van der Waals surface area contributed by atoms with Gasteiger partial charge in [-0.3, -0.25) is 0 Å². The highest BCUT2D eigenvalue weighted by Gasteiger charge is 2.22. The maximum absolute atomic E-state index is 11.9. The molecule has 0 radical (unpaired) electrons. The summed E-state index contributed by atoms with van der Waals surface area (Å²) in [6.45, 7) is 5.85. The molecule has 0 bridgehead atoms. The third kappa shape index (κ3) is 4.87. The summed E-state index contributed by atoms with van der Waals surface area (Å²) in [4.78, 5) is 11.9. The number of benzene rings is 2. The molecule has 0 atom stereocenters. The molecular formula is C24H28N2O3. The fraction of sp³-hybridized carbons (Fsp3) is 0.292. The first-order chi connectivity index (χ1) is 14.0. The molecule has 152 valence electrons. The molecule has 5 nitrogen and oxygen atoms in total. The van der Waals surface area contributed by atoms with Crippen LogP contribution in [0.1, 0.15) is 38.4 Å². The van der Waals surface area contributed by atoms with Gasteiger partial charge in [-0.15, -0.1) is 0 Å². The van der Waals surface area contributed by atoms with E-state index in [2.05, 4.69) is 22.0 Å². The summed E-state index contributed by atoms with van der Waals surface area (Å²) in [6, 6.07) is 18.1. The lowest BCUT2D eigenvalue weighted by Crippen LogP contribution is -2.18. The lowest BCUT2D eigenvalue weighted by Gasteiger charge is -2.11. The van der Waals surface area contributed by atoms with Crippen molar-refractivity contribution in [2.24, 2.45) is 0 Å². The number of hydrogen-bond donors (Lipinski definition) is 2. The number of carbonyl (C=O) groups is 1. The van der Waals surface area contributed by atoms with Gasteiger partial charge in [0, 0.05) is 30.0 Å². The molecule has 5 heteroatoms. The molecule has 0 amide bonds. The Hall–Kier alpha value is -3.05. The first kappa shape index (κ1) is 20.7. The molecule has 2 aromatic carbocycles. The summed E-state index contributed by atoms with van der Waals surface area (Å²) in [5.41, 5.74) is 5.41. The second-order valence-corrected chi connectivity index (χ2v) is 7.18. The Labute approximate surface area is 172 Å². The fourth-order valence-corrected chi connectivity index (χ4v) is 3.69. The number of nitrogens with one attached hydrogen (secondary N) is 1. The molecule has 0 aliphatic carbocycles. The molecule has 0 saturated carbocycles. The Balaban J connectivity index is 1.75. The van der Waals surface area contributed by atoms with Gasteiger partial charge >= 0.3 is 5.97 Å². The van der Waals surface area contributed by atoms with Crippen LogP contribution in [0.5, 0.6) is 5.75 Å². The second kappa shape index (κ2) is 9.43. The number of rotatable bonds is 9. The van der Waals surface area contributed by atoms with Crippen LogP contribution in [0.15, 0.2) is 54.6 Å². The molecule has 0 aliphatic rings. The topological polar surface area (TPSA) is 63.5 Å². The van der Waals surface area contributed by atoms with Gasteiger partial charge in [-0.25, -0.2) is 4.79 Å². The quantitative estimate of drug-likeness (QED) is 0.536. The van der Waals surface area contributed by atoms with E-state index in [9.17, 15) is 9.90 Å². The van der Waals surface area contributed by atoms with Crippen LogP contribution in [0.4, 0.5) is 0 Å². The lowest BCUT2D eigenvalue weighted by molar-refractivity contribution is 0.0694. The predicted octanol–water partition coefficient (Wildman–Crippen LogP) is 4.19. The van der Waals surface area contributed by atoms with Crippen molar-refractivity contribution in [3.63, 3.8) is 0 Å². The summed E-state index contributed by atoms with van der Waals surface area (Å²) in [7, 11) is 1.64. The van der Waals surface area contributed by atoms with Gasteiger partial charge in [-0.05, 0) is 50.1 Å². The van der Waals surface area contributed by atoms with Gasteiger partial charge in [-0.2, -0.15) is 0 Å². The van der Waals surface area contributed by atoms with Crippen molar-refractivity contribution in [1.82, 2.24) is 9.88 Å². The maximum Gasteiger partial charge on any atom is 0.337 e. The number of methoxy groups -OCH3 is 1. The van der Waals surface area contributed by atoms with Gasteiger partial charge in [0.2, 0.25) is 0 Å². The molecule has 0 unspecified atom stereocenters. The zero-order valence-corrected chi connectivity index (χ0v) is 17.2. The smallest absolute Gasteiger partial charge is 0.337 e. The third-order valence-electron chi connectivity index (χ3n) is 5.36. The summed E-state index contributed by atoms with van der Waals surface area (Å²) < 4.78 is 7.30. The average Bonchev–Trinajstić information content (AvgIpc) is 2.97. The number of nitrogens with zero attached hydrogens (tertiary/aromatic N) is 1. The summed E-state index contributed by atoms with van der Waals surface area (Å²) in [6.07, 6.45) is 0.911. The number of carboxylic acid groups (broad SMARTS) is 1. The van der Waals surface area contributed by atoms with E-state index in [1.807, 2.05) is 56.3 Å². The zero-order chi connectivity index (χ0) is 20.8. The number of carboxylic acids is 1. The lowest BCUT2D eigenvalue weighted by atomic mass is 10.1. The van der Waals surface area contributed by atoms with E-state index in [1.165, 1.54) is 5.56 Å². The van der Waals surface area contributed by atoms with E-state index in [-0.39, 0.29) is 0 Å². The van der Waals surface area contributed by atoms with Crippen molar-refractivity contribution in [3.05, 3.63) is 88.2 Å². The van der Waals surface area contributed by atoms with E-state index < -0.39 is 5.97 Å². The van der Waals surface area contributed by atoms with Crippen LogP contribution in [-0.4, -0.2) is 29.3 Å². The monoisotopic (exact) mass is 392 g/mol. The minimum absolute atomic E-state index is 0.406. The van der Waals surface area contributed by atoms with Crippen LogP contribution < -0.4 is 10.1 Å². The van der Waals surface area contributed by atoms with E-state index in [4.69, 9.17) is 4.74 Å². The van der Waals surface area contributed by atoms with Crippen molar-refractivity contribution in [2.75, 3.05) is 13.7 Å². The zero-order valence-electron chi connectivity index (χ0n) is 17.2. The van der Waals surface area contributed by atoms with Crippen LogP contribution in [-0.2, 0) is 19.5 Å². The Morgan fingerprint density at radius 3 is 2.31 bits per heavy atom. The van der Waals surface area contributed by atoms with Gasteiger partial charge in [0.25, 0.3) is 0 Å². The van der Waals surface area contributed by atoms with Gasteiger partial charge < -0.3 is 19.7 Å². The largest absolute Gasteiger partial charge is 0.497 e. The molecule has 2 N–H and O–H groups in total. The van der Waals surface area contributed by atoms with Crippen molar-refractivity contribution < 1.29 is 14.6 Å². The molecule has 1 heterocycles. The van der Waals surface area contributed by atoms with E-state index in [0.29, 0.717) is 18.7 Å². The SMILES string of the molecule is COc1ccc(Cn2c(C)c(CNCCc3ccccc3)c(C(=O)O)c2C)cc1. The highest BCUT2D eigenvalue weighted by molar-refractivity contribution is 5.91. The molecule has 0 spiro atoms. The standard InChI is InChI=1S/C24H28N2O3/c1-17-22(15-25-14-13-19-7-5-4-6-8-19)23(24(27)28)18(2)26(17)16-20-9-11-21(29-3)12-10-20/h4-12,25H,13-16H2,1-3H3,(H,27,28). The third-order valence-corrected chi connectivity index (χ3v) is 5.36. The van der Waals surface area contributed by atoms with E-state index >= 15 is 0 Å². The van der Waals surface area contributed by atoms with Gasteiger partial charge in [0.1, 0.15) is 5.75 Å². The Morgan fingerprint density at radius 2 is 1.69 bits per heavy atom. The Morgan fingerprint density at radius 1 is 1.00 bits per heavy atom.